The third kappa shape index (κ3) is 4.55. The van der Waals surface area contributed by atoms with Gasteiger partial charge in [0.2, 0.25) is 0 Å². The molecule has 5 nitrogen and oxygen atoms in total. The molecule has 0 aliphatic heterocycles. The van der Waals surface area contributed by atoms with Crippen LogP contribution in [0.15, 0.2) is 12.4 Å². The Kier molecular flexibility index (Phi) is 5.14. The molecule has 1 amide bonds. The lowest BCUT2D eigenvalue weighted by atomic mass is 10.3. The van der Waals surface area contributed by atoms with Gasteiger partial charge < -0.3 is 10.2 Å². The van der Waals surface area contributed by atoms with Gasteiger partial charge >= 0.3 is 0 Å². The fourth-order valence-corrected chi connectivity index (χ4v) is 1.29. The fraction of sp³-hybridized carbons (Fsp3) is 0.500. The predicted molar refractivity (Wildman–Crippen MR) is 62.5 cm³/mol. The molecular formula is C10H15ClN4O. The third-order valence-electron chi connectivity index (χ3n) is 1.91. The van der Waals surface area contributed by atoms with E-state index in [4.69, 9.17) is 11.6 Å². The van der Waals surface area contributed by atoms with Crippen LogP contribution in [-0.4, -0.2) is 48.0 Å². The minimum atomic E-state index is -0.242. The minimum absolute atomic E-state index is 0.223. The molecule has 0 unspecified atom stereocenters. The number of hydrogen-bond acceptors (Lipinski definition) is 4. The summed E-state index contributed by atoms with van der Waals surface area (Å²) in [6, 6.07) is 0. The van der Waals surface area contributed by atoms with Crippen LogP contribution in [0.2, 0.25) is 5.15 Å². The lowest BCUT2D eigenvalue weighted by molar-refractivity contribution is 0.0947. The van der Waals surface area contributed by atoms with Gasteiger partial charge in [0.05, 0.1) is 12.4 Å². The van der Waals surface area contributed by atoms with Gasteiger partial charge in [0, 0.05) is 6.54 Å². The first kappa shape index (κ1) is 12.9. The van der Waals surface area contributed by atoms with E-state index in [1.54, 1.807) is 0 Å². The van der Waals surface area contributed by atoms with Crippen LogP contribution < -0.4 is 5.32 Å². The lowest BCUT2D eigenvalue weighted by Gasteiger charge is -2.09. The molecule has 0 aliphatic rings. The molecule has 0 bridgehead atoms. The van der Waals surface area contributed by atoms with Crippen LogP contribution in [0.3, 0.4) is 0 Å². The molecule has 16 heavy (non-hydrogen) atoms. The summed E-state index contributed by atoms with van der Waals surface area (Å²) in [7, 11) is 3.98. The van der Waals surface area contributed by atoms with Crippen molar-refractivity contribution in [2.75, 3.05) is 27.2 Å². The number of hydrogen-bond donors (Lipinski definition) is 1. The smallest absolute Gasteiger partial charge is 0.271 e. The summed E-state index contributed by atoms with van der Waals surface area (Å²) < 4.78 is 0. The summed E-state index contributed by atoms with van der Waals surface area (Å²) in [5, 5.41) is 2.98. The van der Waals surface area contributed by atoms with Crippen LogP contribution in [0.25, 0.3) is 0 Å². The van der Waals surface area contributed by atoms with E-state index >= 15 is 0 Å². The maximum atomic E-state index is 11.6. The normalized spacial score (nSPS) is 10.5. The maximum Gasteiger partial charge on any atom is 0.271 e. The number of carbonyl (C=O) groups excluding carboxylic acids is 1. The molecule has 0 saturated heterocycles. The van der Waals surface area contributed by atoms with Gasteiger partial charge in [-0.05, 0) is 27.1 Å². The van der Waals surface area contributed by atoms with Crippen molar-refractivity contribution in [1.29, 1.82) is 0 Å². The minimum Gasteiger partial charge on any atom is -0.351 e. The molecular weight excluding hydrogens is 228 g/mol. The standard InChI is InChI=1S/C10H15ClN4O/c1-15(2)5-3-4-13-10(16)8-6-12-7-9(11)14-8/h6-7H,3-5H2,1-2H3,(H,13,16). The largest absolute Gasteiger partial charge is 0.351 e. The highest BCUT2D eigenvalue weighted by Gasteiger charge is 2.07. The summed E-state index contributed by atoms with van der Waals surface area (Å²) in [6.45, 7) is 1.55. The van der Waals surface area contributed by atoms with Gasteiger partial charge in [0.1, 0.15) is 10.8 Å². The lowest BCUT2D eigenvalue weighted by Crippen LogP contribution is -2.27. The first-order chi connectivity index (χ1) is 7.59. The van der Waals surface area contributed by atoms with Gasteiger partial charge in [-0.2, -0.15) is 0 Å². The molecule has 88 valence electrons. The van der Waals surface area contributed by atoms with Gasteiger partial charge in [-0.25, -0.2) is 4.98 Å². The number of aromatic nitrogens is 2. The summed E-state index contributed by atoms with van der Waals surface area (Å²) in [4.78, 5) is 21.3. The Balaban J connectivity index is 2.35. The summed E-state index contributed by atoms with van der Waals surface area (Å²) in [5.74, 6) is -0.242. The molecule has 0 aliphatic carbocycles. The van der Waals surface area contributed by atoms with Crippen molar-refractivity contribution in [1.82, 2.24) is 20.2 Å². The zero-order chi connectivity index (χ0) is 12.0. The van der Waals surface area contributed by atoms with E-state index in [9.17, 15) is 4.79 Å². The number of amides is 1. The zero-order valence-corrected chi connectivity index (χ0v) is 10.2. The van der Waals surface area contributed by atoms with E-state index in [1.165, 1.54) is 12.4 Å². The Morgan fingerprint density at radius 3 is 2.88 bits per heavy atom. The molecule has 0 aromatic carbocycles. The first-order valence-corrected chi connectivity index (χ1v) is 5.38. The van der Waals surface area contributed by atoms with E-state index in [-0.39, 0.29) is 16.8 Å². The average Bonchev–Trinajstić information content (AvgIpc) is 2.24. The Labute approximate surface area is 99.8 Å². The Hall–Kier alpha value is -1.20. The summed E-state index contributed by atoms with van der Waals surface area (Å²) in [6.07, 6.45) is 3.68. The Morgan fingerprint density at radius 1 is 1.50 bits per heavy atom. The summed E-state index contributed by atoms with van der Waals surface area (Å²) in [5.41, 5.74) is 0.248. The quantitative estimate of drug-likeness (QED) is 0.777. The van der Waals surface area contributed by atoms with Crippen LogP contribution in [0, 0.1) is 0 Å². The van der Waals surface area contributed by atoms with Crippen LogP contribution in [-0.2, 0) is 0 Å². The van der Waals surface area contributed by atoms with Crippen molar-refractivity contribution in [2.45, 2.75) is 6.42 Å². The molecule has 1 aromatic rings. The van der Waals surface area contributed by atoms with E-state index in [0.717, 1.165) is 13.0 Å². The Bertz CT molecular complexity index is 356. The average molecular weight is 243 g/mol. The van der Waals surface area contributed by atoms with Crippen molar-refractivity contribution in [3.63, 3.8) is 0 Å². The third-order valence-corrected chi connectivity index (χ3v) is 2.09. The van der Waals surface area contributed by atoms with Crippen molar-refractivity contribution in [2.24, 2.45) is 0 Å². The molecule has 1 N–H and O–H groups in total. The second-order valence-electron chi connectivity index (χ2n) is 3.64. The molecule has 0 spiro atoms. The highest BCUT2D eigenvalue weighted by Crippen LogP contribution is 2.01. The van der Waals surface area contributed by atoms with Crippen molar-refractivity contribution in [3.05, 3.63) is 23.2 Å². The molecule has 1 rings (SSSR count). The fourth-order valence-electron chi connectivity index (χ4n) is 1.14. The first-order valence-electron chi connectivity index (χ1n) is 5.00. The van der Waals surface area contributed by atoms with Crippen molar-refractivity contribution >= 4 is 17.5 Å². The van der Waals surface area contributed by atoms with Gasteiger partial charge in [0.15, 0.2) is 0 Å². The van der Waals surface area contributed by atoms with Crippen molar-refractivity contribution < 1.29 is 4.79 Å². The number of rotatable bonds is 5. The predicted octanol–water partition coefficient (Wildman–Crippen LogP) is 0.811. The highest BCUT2D eigenvalue weighted by molar-refractivity contribution is 6.29. The molecule has 1 aromatic heterocycles. The molecule has 1 heterocycles. The van der Waals surface area contributed by atoms with Gasteiger partial charge in [-0.15, -0.1) is 0 Å². The number of nitrogens with one attached hydrogen (secondary N) is 1. The maximum absolute atomic E-state index is 11.6. The van der Waals surface area contributed by atoms with Crippen LogP contribution in [0.4, 0.5) is 0 Å². The zero-order valence-electron chi connectivity index (χ0n) is 9.40. The van der Waals surface area contributed by atoms with E-state index in [1.807, 2.05) is 14.1 Å². The van der Waals surface area contributed by atoms with Crippen molar-refractivity contribution in [3.8, 4) is 0 Å². The van der Waals surface area contributed by atoms with E-state index in [0.29, 0.717) is 6.54 Å². The Morgan fingerprint density at radius 2 is 2.25 bits per heavy atom. The monoisotopic (exact) mass is 242 g/mol. The van der Waals surface area contributed by atoms with Crippen LogP contribution >= 0.6 is 11.6 Å². The highest BCUT2D eigenvalue weighted by atomic mass is 35.5. The second kappa shape index (κ2) is 6.40. The van der Waals surface area contributed by atoms with Gasteiger partial charge in [-0.3, -0.25) is 9.78 Å². The number of halogens is 1. The molecule has 0 saturated carbocycles. The molecule has 0 radical (unpaired) electrons. The van der Waals surface area contributed by atoms with Gasteiger partial charge in [-0.1, -0.05) is 11.6 Å². The molecule has 0 fully saturated rings. The van der Waals surface area contributed by atoms with Gasteiger partial charge in [0.25, 0.3) is 5.91 Å². The summed E-state index contributed by atoms with van der Waals surface area (Å²) >= 11 is 5.63. The topological polar surface area (TPSA) is 58.1 Å². The second-order valence-corrected chi connectivity index (χ2v) is 4.03. The number of carbonyl (C=O) groups is 1. The molecule has 0 atom stereocenters. The van der Waals surface area contributed by atoms with Crippen LogP contribution in [0.5, 0.6) is 0 Å². The molecule has 6 heteroatoms. The van der Waals surface area contributed by atoms with E-state index in [2.05, 4.69) is 20.2 Å². The number of nitrogens with zero attached hydrogens (tertiary/aromatic N) is 3. The van der Waals surface area contributed by atoms with Crippen LogP contribution in [0.1, 0.15) is 16.9 Å². The SMILES string of the molecule is CN(C)CCCNC(=O)c1cncc(Cl)n1. The van der Waals surface area contributed by atoms with E-state index < -0.39 is 0 Å².